The molecule has 4 heteroatoms. The van der Waals surface area contributed by atoms with Crippen LogP contribution in [0.5, 0.6) is 0 Å². The van der Waals surface area contributed by atoms with Crippen LogP contribution < -0.4 is 5.32 Å². The van der Waals surface area contributed by atoms with Gasteiger partial charge in [0.05, 0.1) is 17.1 Å². The average Bonchev–Trinajstić information content (AvgIpc) is 2.99. The van der Waals surface area contributed by atoms with E-state index in [1.807, 2.05) is 23.6 Å². The van der Waals surface area contributed by atoms with Crippen LogP contribution in [0.2, 0.25) is 0 Å². The highest BCUT2D eigenvalue weighted by Crippen LogP contribution is 2.29. The Morgan fingerprint density at radius 2 is 2.04 bits per heavy atom. The molecule has 0 unspecified atom stereocenters. The summed E-state index contributed by atoms with van der Waals surface area (Å²) < 4.78 is 0. The van der Waals surface area contributed by atoms with Gasteiger partial charge in [-0.1, -0.05) is 57.0 Å². The Bertz CT molecular complexity index is 667. The molecule has 1 aliphatic carbocycles. The van der Waals surface area contributed by atoms with E-state index < -0.39 is 0 Å². The molecule has 3 atom stereocenters. The van der Waals surface area contributed by atoms with Gasteiger partial charge in [0.15, 0.2) is 0 Å². The Kier molecular flexibility index (Phi) is 5.67. The summed E-state index contributed by atoms with van der Waals surface area (Å²) in [5.74, 6) is 1.37. The maximum Gasteiger partial charge on any atom is 0.226 e. The van der Waals surface area contributed by atoms with E-state index in [4.69, 9.17) is 0 Å². The summed E-state index contributed by atoms with van der Waals surface area (Å²) in [6.07, 6.45) is 4.83. The van der Waals surface area contributed by atoms with E-state index in [9.17, 15) is 4.79 Å². The largest absolute Gasteiger partial charge is 0.353 e. The summed E-state index contributed by atoms with van der Waals surface area (Å²) in [7, 11) is 0. The average molecular weight is 343 g/mol. The molecule has 0 radical (unpaired) electrons. The Morgan fingerprint density at radius 3 is 2.83 bits per heavy atom. The number of amides is 1. The molecule has 128 valence electrons. The zero-order chi connectivity index (χ0) is 16.9. The van der Waals surface area contributed by atoms with Crippen molar-refractivity contribution in [2.24, 2.45) is 11.8 Å². The highest BCUT2D eigenvalue weighted by molar-refractivity contribution is 7.09. The van der Waals surface area contributed by atoms with Crippen molar-refractivity contribution in [2.45, 2.75) is 52.0 Å². The summed E-state index contributed by atoms with van der Waals surface area (Å²) in [4.78, 5) is 17.0. The van der Waals surface area contributed by atoms with E-state index >= 15 is 0 Å². The second-order valence-corrected chi connectivity index (χ2v) is 7.96. The zero-order valence-electron chi connectivity index (χ0n) is 14.5. The second-order valence-electron chi connectivity index (χ2n) is 7.01. The van der Waals surface area contributed by atoms with Gasteiger partial charge < -0.3 is 5.32 Å². The summed E-state index contributed by atoms with van der Waals surface area (Å²) in [6, 6.07) is 10.7. The van der Waals surface area contributed by atoms with E-state index in [2.05, 4.69) is 36.3 Å². The van der Waals surface area contributed by atoms with Gasteiger partial charge in [-0.15, -0.1) is 11.3 Å². The molecule has 1 aromatic carbocycles. The smallest absolute Gasteiger partial charge is 0.226 e. The topological polar surface area (TPSA) is 42.0 Å². The number of rotatable bonds is 5. The van der Waals surface area contributed by atoms with Gasteiger partial charge in [-0.25, -0.2) is 4.98 Å². The molecule has 3 nitrogen and oxygen atoms in total. The zero-order valence-corrected chi connectivity index (χ0v) is 15.3. The number of nitrogens with zero attached hydrogens (tertiary/aromatic N) is 1. The molecule has 1 fully saturated rings. The van der Waals surface area contributed by atoms with Gasteiger partial charge in [0, 0.05) is 17.8 Å². The number of hydrogen-bond acceptors (Lipinski definition) is 3. The van der Waals surface area contributed by atoms with Crippen molar-refractivity contribution < 1.29 is 4.79 Å². The van der Waals surface area contributed by atoms with E-state index in [1.165, 1.54) is 18.4 Å². The van der Waals surface area contributed by atoms with Crippen molar-refractivity contribution in [3.05, 3.63) is 52.0 Å². The van der Waals surface area contributed by atoms with Crippen LogP contribution >= 0.6 is 11.3 Å². The van der Waals surface area contributed by atoms with Gasteiger partial charge in [-0.3, -0.25) is 4.79 Å². The van der Waals surface area contributed by atoms with Crippen molar-refractivity contribution in [3.63, 3.8) is 0 Å². The van der Waals surface area contributed by atoms with Crippen LogP contribution in [0.25, 0.3) is 0 Å². The van der Waals surface area contributed by atoms with Gasteiger partial charge in [0.2, 0.25) is 5.91 Å². The van der Waals surface area contributed by atoms with Crippen LogP contribution in [0.3, 0.4) is 0 Å². The highest BCUT2D eigenvalue weighted by Gasteiger charge is 2.28. The molecule has 1 amide bonds. The Morgan fingerprint density at radius 1 is 1.25 bits per heavy atom. The van der Waals surface area contributed by atoms with Crippen molar-refractivity contribution in [3.8, 4) is 0 Å². The monoisotopic (exact) mass is 342 g/mol. The summed E-state index contributed by atoms with van der Waals surface area (Å²) >= 11 is 1.64. The first kappa shape index (κ1) is 17.2. The molecule has 3 rings (SSSR count). The number of carbonyl (C=O) groups excluding carboxylic acids is 1. The number of hydrogen-bond donors (Lipinski definition) is 1. The molecule has 0 aliphatic heterocycles. The first-order chi connectivity index (χ1) is 11.6. The molecule has 1 N–H and O–H groups in total. The Hall–Kier alpha value is -1.68. The van der Waals surface area contributed by atoms with Crippen LogP contribution in [0.15, 0.2) is 35.7 Å². The number of nitrogens with one attached hydrogen (secondary N) is 1. The molecule has 2 aromatic rings. The first-order valence-corrected chi connectivity index (χ1v) is 9.76. The lowest BCUT2D eigenvalue weighted by Crippen LogP contribution is -2.44. The quantitative estimate of drug-likeness (QED) is 0.884. The minimum absolute atomic E-state index is 0.109. The van der Waals surface area contributed by atoms with Crippen LogP contribution in [0, 0.1) is 11.8 Å². The van der Waals surface area contributed by atoms with Crippen molar-refractivity contribution in [1.29, 1.82) is 0 Å². The Balaban J connectivity index is 1.53. The fraction of sp³-hybridized carbons (Fsp3) is 0.500. The fourth-order valence-corrected chi connectivity index (χ4v) is 4.32. The van der Waals surface area contributed by atoms with Gasteiger partial charge in [0.25, 0.3) is 0 Å². The molecule has 0 saturated heterocycles. The van der Waals surface area contributed by atoms with E-state index in [0.717, 1.165) is 23.5 Å². The minimum atomic E-state index is 0.109. The molecule has 0 bridgehead atoms. The van der Waals surface area contributed by atoms with Crippen molar-refractivity contribution >= 4 is 17.2 Å². The van der Waals surface area contributed by atoms with E-state index in [1.54, 1.807) is 11.3 Å². The standard InChI is InChI=1S/C20H26N2OS/c1-14-7-6-10-18(15(14)2)22-19(23)12-17-13-24-20(21-17)11-16-8-4-3-5-9-16/h3-5,8-9,13-15,18H,6-7,10-12H2,1-2H3,(H,22,23)/t14-,15+,18+/m1/s1. The third kappa shape index (κ3) is 4.44. The van der Waals surface area contributed by atoms with Crippen molar-refractivity contribution in [2.75, 3.05) is 0 Å². The summed E-state index contributed by atoms with van der Waals surface area (Å²) in [5, 5.41) is 6.32. The molecule has 1 heterocycles. The lowest BCUT2D eigenvalue weighted by Gasteiger charge is -2.34. The lowest BCUT2D eigenvalue weighted by atomic mass is 9.78. The van der Waals surface area contributed by atoms with E-state index in [-0.39, 0.29) is 5.91 Å². The SMILES string of the molecule is C[C@H]1[C@H](C)CCC[C@@H]1NC(=O)Cc1csc(Cc2ccccc2)n1. The van der Waals surface area contributed by atoms with Crippen LogP contribution in [0.1, 0.15) is 49.4 Å². The second kappa shape index (κ2) is 7.93. The molecule has 1 saturated carbocycles. The van der Waals surface area contributed by atoms with Gasteiger partial charge >= 0.3 is 0 Å². The number of benzene rings is 1. The van der Waals surface area contributed by atoms with E-state index in [0.29, 0.717) is 24.3 Å². The van der Waals surface area contributed by atoms with Gasteiger partial charge in [0.1, 0.15) is 0 Å². The van der Waals surface area contributed by atoms with Crippen molar-refractivity contribution in [1.82, 2.24) is 10.3 Å². The fourth-order valence-electron chi connectivity index (χ4n) is 3.49. The maximum absolute atomic E-state index is 12.4. The maximum atomic E-state index is 12.4. The normalized spacial score (nSPS) is 23.8. The molecule has 1 aromatic heterocycles. The molecular formula is C20H26N2OS. The van der Waals surface area contributed by atoms with Crippen LogP contribution in [-0.2, 0) is 17.6 Å². The number of aromatic nitrogens is 1. The number of carbonyl (C=O) groups is 1. The number of thiazole rings is 1. The third-order valence-electron chi connectivity index (χ3n) is 5.19. The van der Waals surface area contributed by atoms with Crippen LogP contribution in [-0.4, -0.2) is 16.9 Å². The third-order valence-corrected chi connectivity index (χ3v) is 6.09. The predicted octanol–water partition coefficient (Wildman–Crippen LogP) is 4.22. The Labute approximate surface area is 148 Å². The molecule has 24 heavy (non-hydrogen) atoms. The predicted molar refractivity (Wildman–Crippen MR) is 99.2 cm³/mol. The van der Waals surface area contributed by atoms with Crippen LogP contribution in [0.4, 0.5) is 0 Å². The minimum Gasteiger partial charge on any atom is -0.353 e. The molecule has 0 spiro atoms. The first-order valence-electron chi connectivity index (χ1n) is 8.88. The molecular weight excluding hydrogens is 316 g/mol. The summed E-state index contributed by atoms with van der Waals surface area (Å²) in [5.41, 5.74) is 2.15. The van der Waals surface area contributed by atoms with Gasteiger partial charge in [-0.2, -0.15) is 0 Å². The molecule has 1 aliphatic rings. The summed E-state index contributed by atoms with van der Waals surface area (Å²) in [6.45, 7) is 4.55. The van der Waals surface area contributed by atoms with Gasteiger partial charge in [-0.05, 0) is 23.8 Å². The highest BCUT2D eigenvalue weighted by atomic mass is 32.1. The lowest BCUT2D eigenvalue weighted by molar-refractivity contribution is -0.121.